The van der Waals surface area contributed by atoms with Crippen molar-refractivity contribution in [3.8, 4) is 11.3 Å². The Balaban J connectivity index is 0.754. The third kappa shape index (κ3) is 14.3. The lowest BCUT2D eigenvalue weighted by molar-refractivity contribution is -0.138. The van der Waals surface area contributed by atoms with Crippen LogP contribution in [0.25, 0.3) is 28.2 Å². The lowest BCUT2D eigenvalue weighted by atomic mass is 9.95. The van der Waals surface area contributed by atoms with Crippen LogP contribution in [0.2, 0.25) is 0 Å². The van der Waals surface area contributed by atoms with Crippen LogP contribution in [0.5, 0.6) is 0 Å². The number of carbonyl (C=O) groups excluding carboxylic acids is 7. The second-order valence-corrected chi connectivity index (χ2v) is 18.8. The number of ether oxygens (including phenoxy) is 3. The lowest BCUT2D eigenvalue weighted by Crippen LogP contribution is -2.54. The van der Waals surface area contributed by atoms with Crippen molar-refractivity contribution in [2.24, 2.45) is 0 Å². The second-order valence-electron chi connectivity index (χ2n) is 18.8. The molecule has 21 nitrogen and oxygen atoms in total. The molecule has 3 aromatic heterocycles. The lowest BCUT2D eigenvalue weighted by Gasteiger charge is -2.27. The van der Waals surface area contributed by atoms with Gasteiger partial charge >= 0.3 is 6.18 Å². The number of rotatable bonds is 25. The molecule has 0 radical (unpaired) electrons. The number of aromatic amines is 1. The third-order valence-electron chi connectivity index (χ3n) is 13.4. The smallest absolute Gasteiger partial charge is 0.383 e. The summed E-state index contributed by atoms with van der Waals surface area (Å²) in [4.78, 5) is 101. The average Bonchev–Trinajstić information content (AvgIpc) is 4.02. The molecule has 7 N–H and O–H groups in total. The highest BCUT2D eigenvalue weighted by Gasteiger charge is 2.45. The summed E-state index contributed by atoms with van der Waals surface area (Å²) in [7, 11) is 0. The van der Waals surface area contributed by atoms with E-state index >= 15 is 0 Å². The number of nitrogen functional groups attached to an aromatic ring is 1. The zero-order valence-corrected chi connectivity index (χ0v) is 42.6. The number of fused-ring (bicyclic) bond motifs is 2. The van der Waals surface area contributed by atoms with Gasteiger partial charge in [-0.25, -0.2) is 9.97 Å². The normalized spacial score (nSPS) is 15.9. The Morgan fingerprint density at radius 1 is 0.885 bits per heavy atom. The first-order chi connectivity index (χ1) is 37.7. The predicted octanol–water partition coefficient (Wildman–Crippen LogP) is 5.90. The summed E-state index contributed by atoms with van der Waals surface area (Å²) in [6.07, 6.45) is 8.05. The molecule has 2 fully saturated rings. The van der Waals surface area contributed by atoms with E-state index in [4.69, 9.17) is 19.9 Å². The topological polar surface area (TPSA) is 282 Å². The molecule has 0 spiro atoms. The minimum absolute atomic E-state index is 0.0294. The number of alkyl halides is 3. The number of nitrogens with two attached hydrogens (primary N) is 1. The molecule has 5 heterocycles. The minimum Gasteiger partial charge on any atom is -0.383 e. The third-order valence-corrected chi connectivity index (χ3v) is 13.4. The molecule has 0 bridgehead atoms. The highest BCUT2D eigenvalue weighted by Crippen LogP contribution is 2.34. The van der Waals surface area contributed by atoms with Gasteiger partial charge in [0, 0.05) is 60.3 Å². The van der Waals surface area contributed by atoms with Crippen molar-refractivity contribution in [1.82, 2.24) is 40.6 Å². The number of nitrogens with one attached hydrogen (secondary N) is 5. The summed E-state index contributed by atoms with van der Waals surface area (Å²) in [5.74, 6) is -3.42. The van der Waals surface area contributed by atoms with E-state index in [0.29, 0.717) is 59.3 Å². The molecular formula is C54H60F3N11O10. The molecule has 5 aromatic rings. The van der Waals surface area contributed by atoms with Crippen LogP contribution in [-0.4, -0.2) is 143 Å². The van der Waals surface area contributed by atoms with Gasteiger partial charge in [-0.2, -0.15) is 18.3 Å². The molecule has 1 saturated carbocycles. The van der Waals surface area contributed by atoms with Crippen molar-refractivity contribution in [2.75, 3.05) is 75.6 Å². The highest BCUT2D eigenvalue weighted by molar-refractivity contribution is 6.25. The molecule has 1 saturated heterocycles. The van der Waals surface area contributed by atoms with E-state index in [2.05, 4.69) is 41.4 Å². The molecule has 3 aliphatic rings. The van der Waals surface area contributed by atoms with Crippen LogP contribution in [0.15, 0.2) is 73.1 Å². The number of imide groups is 2. The largest absolute Gasteiger partial charge is 0.416 e. The van der Waals surface area contributed by atoms with E-state index in [1.165, 1.54) is 18.2 Å². The Bertz CT molecular complexity index is 3030. The summed E-state index contributed by atoms with van der Waals surface area (Å²) < 4.78 is 56.5. The van der Waals surface area contributed by atoms with Crippen molar-refractivity contribution in [2.45, 2.75) is 82.5 Å². The first-order valence-corrected chi connectivity index (χ1v) is 25.8. The molecule has 1 unspecified atom stereocenters. The molecule has 412 valence electrons. The first kappa shape index (κ1) is 56.1. The maximum absolute atomic E-state index is 13.5. The zero-order chi connectivity index (χ0) is 55.2. The number of allylic oxidation sites excluding steroid dienone is 1. The molecule has 8 rings (SSSR count). The van der Waals surface area contributed by atoms with Crippen LogP contribution >= 0.6 is 0 Å². The summed E-state index contributed by atoms with van der Waals surface area (Å²) in [6, 6.07) is 11.8. The van der Waals surface area contributed by atoms with E-state index in [1.807, 2.05) is 12.2 Å². The van der Waals surface area contributed by atoms with Crippen molar-refractivity contribution >= 4 is 75.7 Å². The van der Waals surface area contributed by atoms with Gasteiger partial charge in [0.1, 0.15) is 23.2 Å². The number of nitrogens with zero attached hydrogens (tertiary/aromatic N) is 5. The number of pyridine rings is 2. The van der Waals surface area contributed by atoms with Crippen LogP contribution in [0.4, 0.5) is 30.5 Å². The Labute approximate surface area is 446 Å². The number of unbranched alkanes of at least 4 members (excludes halogenated alkanes) is 1. The fourth-order valence-electron chi connectivity index (χ4n) is 9.42. The monoisotopic (exact) mass is 1080 g/mol. The van der Waals surface area contributed by atoms with Crippen molar-refractivity contribution in [3.05, 3.63) is 101 Å². The van der Waals surface area contributed by atoms with Gasteiger partial charge < -0.3 is 40.8 Å². The minimum atomic E-state index is -4.59. The number of aromatic nitrogens is 4. The van der Waals surface area contributed by atoms with Crippen LogP contribution in [0.1, 0.15) is 106 Å². The molecule has 2 aliphatic heterocycles. The SMILES string of the molecule is Nc1ncc(/C=C/CCCN(CC(=O)NC2CCCCC2)C(=O)CCOCCOCCOCCNc2cccc3c2C(=O)N(C2CCC(=O)NC2=O)C3=O)c2n[nH]c(-c3ccc(C(=O)Nc4cc(C(F)(F)F)ccn4)cc3)c12. The number of hydrogen-bond acceptors (Lipinski definition) is 15. The maximum Gasteiger partial charge on any atom is 0.416 e. The number of hydrogen-bond donors (Lipinski definition) is 6. The van der Waals surface area contributed by atoms with Gasteiger partial charge in [0.05, 0.1) is 80.4 Å². The number of halogens is 3. The Hall–Kier alpha value is -8.09. The molecule has 7 amide bonds. The Morgan fingerprint density at radius 2 is 1.63 bits per heavy atom. The number of carbonyl (C=O) groups is 7. The van der Waals surface area contributed by atoms with E-state index in [-0.39, 0.29) is 112 Å². The standard InChI is InChI=1S/C54H60F3N11O10/c55-54(56,57)36-19-21-60-41(30-36)63-50(72)34-15-13-33(14-16-34)47-46-48(66-65-47)35(31-61-49(46)58)8-3-2-6-23-67(32-43(70)62-37-9-4-1-5-10-37)44(71)20-24-76-26-28-78-29-27-77-25-22-59-39-12-7-11-38-45(39)53(75)68(52(38)74)40-17-18-42(69)64-51(40)73/h3,7-8,11-16,19,21,30-31,37,40,59H,1-2,4-6,9-10,17-18,20,22-29,32H2,(H2,58,61)(H,62,70)(H,65,66)(H,60,63,72)(H,64,69,73)/b8-3+. The molecule has 1 atom stereocenters. The molecule has 2 aromatic carbocycles. The Kier molecular flexibility index (Phi) is 18.9. The van der Waals surface area contributed by atoms with E-state index < -0.39 is 47.3 Å². The van der Waals surface area contributed by atoms with Crippen molar-refractivity contribution in [3.63, 3.8) is 0 Å². The molecular weight excluding hydrogens is 1020 g/mol. The fraction of sp³-hybridized carbons (Fsp3) is 0.407. The summed E-state index contributed by atoms with van der Waals surface area (Å²) in [6.45, 7) is 1.97. The van der Waals surface area contributed by atoms with Crippen LogP contribution in [0.3, 0.4) is 0 Å². The number of H-pyrrole nitrogens is 1. The van der Waals surface area contributed by atoms with E-state index in [0.717, 1.165) is 55.3 Å². The second kappa shape index (κ2) is 26.3. The number of benzene rings is 2. The number of amides is 7. The van der Waals surface area contributed by atoms with Crippen molar-refractivity contribution < 1.29 is 60.9 Å². The van der Waals surface area contributed by atoms with Crippen LogP contribution in [0, 0.1) is 0 Å². The van der Waals surface area contributed by atoms with Crippen LogP contribution in [-0.2, 0) is 39.6 Å². The van der Waals surface area contributed by atoms with Gasteiger partial charge in [0.25, 0.3) is 17.7 Å². The first-order valence-electron chi connectivity index (χ1n) is 25.8. The zero-order valence-electron chi connectivity index (χ0n) is 42.6. The van der Waals surface area contributed by atoms with Gasteiger partial charge in [-0.05, 0) is 68.5 Å². The summed E-state index contributed by atoms with van der Waals surface area (Å²) in [5.41, 5.74) is 8.72. The quantitative estimate of drug-likeness (QED) is 0.0293. The van der Waals surface area contributed by atoms with E-state index in [9.17, 15) is 46.7 Å². The van der Waals surface area contributed by atoms with Gasteiger partial charge in [0.2, 0.25) is 23.6 Å². The summed E-state index contributed by atoms with van der Waals surface area (Å²) >= 11 is 0. The van der Waals surface area contributed by atoms with E-state index in [1.54, 1.807) is 35.4 Å². The maximum atomic E-state index is 13.5. The molecule has 78 heavy (non-hydrogen) atoms. The van der Waals surface area contributed by atoms with Gasteiger partial charge in [-0.1, -0.05) is 49.6 Å². The fourth-order valence-corrected chi connectivity index (χ4v) is 9.42. The van der Waals surface area contributed by atoms with Gasteiger partial charge in [-0.15, -0.1) is 0 Å². The highest BCUT2D eigenvalue weighted by atomic mass is 19.4. The Morgan fingerprint density at radius 3 is 2.37 bits per heavy atom. The van der Waals surface area contributed by atoms with Crippen LogP contribution < -0.4 is 27.0 Å². The molecule has 24 heteroatoms. The predicted molar refractivity (Wildman–Crippen MR) is 279 cm³/mol. The number of anilines is 3. The van der Waals surface area contributed by atoms with Gasteiger partial charge in [0.15, 0.2) is 0 Å². The average molecular weight is 1080 g/mol. The van der Waals surface area contributed by atoms with Gasteiger partial charge in [-0.3, -0.25) is 48.9 Å². The number of piperidine rings is 1. The van der Waals surface area contributed by atoms with Crippen molar-refractivity contribution in [1.29, 1.82) is 0 Å². The molecule has 1 aliphatic carbocycles. The summed E-state index contributed by atoms with van der Waals surface area (Å²) in [5, 5.41) is 18.9.